The molecule has 2 N–H and O–H groups in total. The quantitative estimate of drug-likeness (QED) is 0.394. The molecule has 0 aliphatic carbocycles. The number of aliphatic hydroxyl groups is 1. The fraction of sp³-hybridized carbons (Fsp3) is 0.562. The number of nitrogens with one attached hydrogen (secondary N) is 1. The number of unbranched alkanes of at least 4 members (excludes halogenated alkanes) is 1. The van der Waals surface area contributed by atoms with Crippen molar-refractivity contribution >= 4 is 11.8 Å². The van der Waals surface area contributed by atoms with E-state index in [0.717, 1.165) is 28.0 Å². The van der Waals surface area contributed by atoms with Gasteiger partial charge >= 0.3 is 0 Å². The van der Waals surface area contributed by atoms with Gasteiger partial charge in [0.05, 0.1) is 6.61 Å². The Labute approximate surface area is 141 Å². The number of aryl methyl sites for hydroxylation is 1. The maximum Gasteiger partial charge on any atom is 0.187 e. The molecular formula is C16H25N5OS. The topological polar surface area (TPSA) is 77.9 Å². The van der Waals surface area contributed by atoms with Gasteiger partial charge in [-0.1, -0.05) is 25.1 Å². The van der Waals surface area contributed by atoms with Crippen LogP contribution in [-0.4, -0.2) is 48.8 Å². The van der Waals surface area contributed by atoms with Crippen molar-refractivity contribution in [2.24, 2.45) is 0 Å². The number of rotatable bonds is 10. The van der Waals surface area contributed by atoms with Gasteiger partial charge in [-0.05, 0) is 13.3 Å². The van der Waals surface area contributed by atoms with Gasteiger partial charge in [0.1, 0.15) is 5.82 Å². The van der Waals surface area contributed by atoms with Crippen LogP contribution in [0, 0.1) is 6.92 Å². The summed E-state index contributed by atoms with van der Waals surface area (Å²) in [6.07, 6.45) is 7.97. The van der Waals surface area contributed by atoms with Gasteiger partial charge in [0, 0.05) is 55.2 Å². The summed E-state index contributed by atoms with van der Waals surface area (Å²) in [6, 6.07) is 0. The van der Waals surface area contributed by atoms with Crippen molar-refractivity contribution in [1.82, 2.24) is 24.8 Å². The fourth-order valence-corrected chi connectivity index (χ4v) is 3.08. The highest BCUT2D eigenvalue weighted by molar-refractivity contribution is 7.99. The molecule has 0 atom stereocenters. The Hall–Kier alpha value is -1.44. The molecule has 2 heterocycles. The van der Waals surface area contributed by atoms with Crippen LogP contribution in [0.2, 0.25) is 0 Å². The van der Waals surface area contributed by atoms with Gasteiger partial charge in [0.15, 0.2) is 5.16 Å². The van der Waals surface area contributed by atoms with E-state index < -0.39 is 0 Å². The van der Waals surface area contributed by atoms with Crippen molar-refractivity contribution in [2.75, 3.05) is 18.9 Å². The summed E-state index contributed by atoms with van der Waals surface area (Å²) in [5, 5.41) is 10.1. The Morgan fingerprint density at radius 3 is 2.57 bits per heavy atom. The van der Waals surface area contributed by atoms with Crippen molar-refractivity contribution in [2.45, 2.75) is 44.9 Å². The maximum absolute atomic E-state index is 9.26. The number of aliphatic hydroxyl groups excluding tert-OH is 1. The zero-order valence-electron chi connectivity index (χ0n) is 13.8. The summed E-state index contributed by atoms with van der Waals surface area (Å²) in [5.74, 6) is 1.96. The lowest BCUT2D eigenvalue weighted by molar-refractivity contribution is 0.182. The number of aromatic nitrogens is 4. The predicted molar refractivity (Wildman–Crippen MR) is 92.2 cm³/mol. The summed E-state index contributed by atoms with van der Waals surface area (Å²) in [7, 11) is 0. The molecule has 2 rings (SSSR count). The molecule has 0 saturated carbocycles. The zero-order chi connectivity index (χ0) is 16.5. The van der Waals surface area contributed by atoms with Crippen LogP contribution >= 0.6 is 11.8 Å². The molecule has 0 aromatic carbocycles. The van der Waals surface area contributed by atoms with Gasteiger partial charge in [0.25, 0.3) is 0 Å². The molecule has 2 aromatic heterocycles. The van der Waals surface area contributed by atoms with Crippen molar-refractivity contribution in [3.63, 3.8) is 0 Å². The maximum atomic E-state index is 9.26. The first kappa shape index (κ1) is 17.9. The average molecular weight is 335 g/mol. The highest BCUT2D eigenvalue weighted by Crippen LogP contribution is 2.15. The lowest BCUT2D eigenvalue weighted by atomic mass is 10.3. The van der Waals surface area contributed by atoms with Gasteiger partial charge in [-0.3, -0.25) is 4.90 Å². The Morgan fingerprint density at radius 1 is 1.17 bits per heavy atom. The standard InChI is InChI=1S/C16H25N5OS/c1-3-4-7-23-16-18-8-14(9-19-16)11-21(5-6-22)12-15-10-17-13(2)20-15/h8-10,22H,3-7,11-12H2,1-2H3,(H,17,20). The van der Waals surface area contributed by atoms with Crippen LogP contribution in [-0.2, 0) is 13.1 Å². The SMILES string of the molecule is CCCCSc1ncc(CN(CCO)Cc2cnc(C)[nH]2)cn1. The number of hydrogen-bond acceptors (Lipinski definition) is 6. The third kappa shape index (κ3) is 6.29. The number of imidazole rings is 1. The molecule has 0 aliphatic heterocycles. The molecule has 0 spiro atoms. The van der Waals surface area contributed by atoms with Crippen molar-refractivity contribution in [1.29, 1.82) is 0 Å². The Balaban J connectivity index is 1.91. The Bertz CT molecular complexity index is 572. The minimum Gasteiger partial charge on any atom is -0.395 e. The molecule has 6 nitrogen and oxygen atoms in total. The van der Waals surface area contributed by atoms with Gasteiger partial charge < -0.3 is 10.1 Å². The number of H-pyrrole nitrogens is 1. The van der Waals surface area contributed by atoms with E-state index in [0.29, 0.717) is 19.6 Å². The van der Waals surface area contributed by atoms with Gasteiger partial charge in [-0.15, -0.1) is 0 Å². The molecule has 0 fully saturated rings. The molecular weight excluding hydrogens is 310 g/mol. The molecule has 126 valence electrons. The zero-order valence-corrected chi connectivity index (χ0v) is 14.6. The van der Waals surface area contributed by atoms with E-state index in [1.807, 2.05) is 25.5 Å². The summed E-state index contributed by atoms with van der Waals surface area (Å²) in [5.41, 5.74) is 2.10. The molecule has 2 aromatic rings. The number of thioether (sulfide) groups is 1. The number of aromatic amines is 1. The van der Waals surface area contributed by atoms with Gasteiger partial charge in [-0.25, -0.2) is 15.0 Å². The van der Waals surface area contributed by atoms with Gasteiger partial charge in [0.2, 0.25) is 0 Å². The Kier molecular flexibility index (Phi) is 7.51. The smallest absolute Gasteiger partial charge is 0.187 e. The second-order valence-electron chi connectivity index (χ2n) is 5.50. The monoisotopic (exact) mass is 335 g/mol. The Morgan fingerprint density at radius 2 is 1.96 bits per heavy atom. The lowest BCUT2D eigenvalue weighted by Gasteiger charge is -2.20. The van der Waals surface area contributed by atoms with E-state index in [-0.39, 0.29) is 6.61 Å². The largest absolute Gasteiger partial charge is 0.395 e. The first-order valence-corrected chi connectivity index (χ1v) is 8.97. The second kappa shape index (κ2) is 9.64. The lowest BCUT2D eigenvalue weighted by Crippen LogP contribution is -2.26. The first-order chi connectivity index (χ1) is 11.2. The van der Waals surface area contributed by atoms with E-state index in [1.54, 1.807) is 11.8 Å². The highest BCUT2D eigenvalue weighted by atomic mass is 32.2. The van der Waals surface area contributed by atoms with Crippen LogP contribution in [0.5, 0.6) is 0 Å². The van der Waals surface area contributed by atoms with Crippen LogP contribution in [0.4, 0.5) is 0 Å². The normalized spacial score (nSPS) is 11.3. The van der Waals surface area contributed by atoms with Crippen LogP contribution < -0.4 is 0 Å². The molecule has 23 heavy (non-hydrogen) atoms. The van der Waals surface area contributed by atoms with E-state index in [2.05, 4.69) is 31.8 Å². The van der Waals surface area contributed by atoms with E-state index in [4.69, 9.17) is 0 Å². The molecule has 0 saturated heterocycles. The summed E-state index contributed by atoms with van der Waals surface area (Å²) in [6.45, 7) is 6.26. The highest BCUT2D eigenvalue weighted by Gasteiger charge is 2.09. The molecule has 0 bridgehead atoms. The summed E-state index contributed by atoms with van der Waals surface area (Å²) in [4.78, 5) is 18.4. The van der Waals surface area contributed by atoms with Crippen molar-refractivity contribution in [3.8, 4) is 0 Å². The van der Waals surface area contributed by atoms with Crippen LogP contribution in [0.25, 0.3) is 0 Å². The van der Waals surface area contributed by atoms with Crippen LogP contribution in [0.15, 0.2) is 23.7 Å². The molecule has 0 aliphatic rings. The summed E-state index contributed by atoms with van der Waals surface area (Å²) >= 11 is 1.70. The van der Waals surface area contributed by atoms with Crippen molar-refractivity contribution < 1.29 is 5.11 Å². The predicted octanol–water partition coefficient (Wildman–Crippen LogP) is 2.39. The average Bonchev–Trinajstić information content (AvgIpc) is 2.94. The van der Waals surface area contributed by atoms with Gasteiger partial charge in [-0.2, -0.15) is 0 Å². The summed E-state index contributed by atoms with van der Waals surface area (Å²) < 4.78 is 0. The number of nitrogens with zero attached hydrogens (tertiary/aromatic N) is 4. The first-order valence-electron chi connectivity index (χ1n) is 7.98. The number of hydrogen-bond donors (Lipinski definition) is 2. The fourth-order valence-electron chi connectivity index (χ4n) is 2.21. The van der Waals surface area contributed by atoms with Crippen LogP contribution in [0.3, 0.4) is 0 Å². The molecule has 0 radical (unpaired) electrons. The third-order valence-corrected chi connectivity index (χ3v) is 4.34. The molecule has 7 heteroatoms. The minimum atomic E-state index is 0.124. The van der Waals surface area contributed by atoms with E-state index in [9.17, 15) is 5.11 Å². The van der Waals surface area contributed by atoms with E-state index in [1.165, 1.54) is 12.8 Å². The second-order valence-corrected chi connectivity index (χ2v) is 6.57. The van der Waals surface area contributed by atoms with Crippen molar-refractivity contribution in [3.05, 3.63) is 35.7 Å². The minimum absolute atomic E-state index is 0.124. The molecule has 0 amide bonds. The third-order valence-electron chi connectivity index (χ3n) is 3.38. The molecule has 0 unspecified atom stereocenters. The van der Waals surface area contributed by atoms with Crippen LogP contribution in [0.1, 0.15) is 36.8 Å². The van der Waals surface area contributed by atoms with E-state index >= 15 is 0 Å².